The Hall–Kier alpha value is -2.64. The van der Waals surface area contributed by atoms with Crippen molar-refractivity contribution in [3.8, 4) is 0 Å². The minimum atomic E-state index is -4.46. The molecule has 160 valence electrons. The first-order valence-electron chi connectivity index (χ1n) is 9.21. The highest BCUT2D eigenvalue weighted by molar-refractivity contribution is 7.17. The number of hydrogen-bond donors (Lipinski definition) is 2. The van der Waals surface area contributed by atoms with Crippen LogP contribution in [0.4, 0.5) is 23.7 Å². The predicted octanol–water partition coefficient (Wildman–Crippen LogP) is 3.90. The van der Waals surface area contributed by atoms with Crippen molar-refractivity contribution >= 4 is 26.9 Å². The van der Waals surface area contributed by atoms with E-state index in [9.17, 15) is 22.8 Å². The molecule has 0 saturated carbocycles. The van der Waals surface area contributed by atoms with E-state index in [-0.39, 0.29) is 23.8 Å². The Morgan fingerprint density at radius 3 is 2.27 bits per heavy atom. The van der Waals surface area contributed by atoms with E-state index in [2.05, 4.69) is 9.24 Å². The van der Waals surface area contributed by atoms with Gasteiger partial charge in [-0.25, -0.2) is 10.3 Å². The van der Waals surface area contributed by atoms with Crippen molar-refractivity contribution in [2.75, 3.05) is 18.0 Å². The highest BCUT2D eigenvalue weighted by Gasteiger charge is 2.32. The smallest absolute Gasteiger partial charge is 0.324 e. The number of anilines is 1. The van der Waals surface area contributed by atoms with Gasteiger partial charge in [-0.05, 0) is 54.0 Å². The van der Waals surface area contributed by atoms with Gasteiger partial charge in [0.2, 0.25) is 0 Å². The molecule has 0 bridgehead atoms. The second-order valence-electron chi connectivity index (χ2n) is 7.05. The Labute approximate surface area is 173 Å². The monoisotopic (exact) mass is 439 g/mol. The molecule has 1 saturated heterocycles. The van der Waals surface area contributed by atoms with Gasteiger partial charge in [-0.1, -0.05) is 12.1 Å². The van der Waals surface area contributed by atoms with Crippen molar-refractivity contribution in [3.05, 3.63) is 65.2 Å². The molecule has 0 radical (unpaired) electrons. The molecule has 1 heterocycles. The van der Waals surface area contributed by atoms with E-state index in [0.717, 1.165) is 18.6 Å². The van der Waals surface area contributed by atoms with E-state index >= 15 is 0 Å². The molecule has 0 spiro atoms. The maximum Gasteiger partial charge on any atom is 0.416 e. The molecule has 1 fully saturated rings. The first-order chi connectivity index (χ1) is 14.2. The summed E-state index contributed by atoms with van der Waals surface area (Å²) in [5.41, 5.74) is 2.29. The van der Waals surface area contributed by atoms with Crippen LogP contribution in [0.5, 0.6) is 0 Å². The first-order valence-corrected chi connectivity index (χ1v) is 9.88. The second-order valence-corrected chi connectivity index (χ2v) is 7.99. The van der Waals surface area contributed by atoms with Gasteiger partial charge >= 0.3 is 12.2 Å². The highest BCUT2D eigenvalue weighted by Crippen LogP contribution is 2.31. The quantitative estimate of drug-likeness (QED) is 0.431. The van der Waals surface area contributed by atoms with Crippen LogP contribution in [0, 0.1) is 0 Å². The Kier molecular flexibility index (Phi) is 6.63. The number of amides is 3. The largest absolute Gasteiger partial charge is 0.416 e. The van der Waals surface area contributed by atoms with E-state index in [1.807, 2.05) is 0 Å². The summed E-state index contributed by atoms with van der Waals surface area (Å²) >= 11 is 0. The number of urea groups is 1. The summed E-state index contributed by atoms with van der Waals surface area (Å²) in [5.74, 6) is -0.666. The lowest BCUT2D eigenvalue weighted by Crippen LogP contribution is -2.42. The SMILES string of the molecule is O=C(NO)c1ccc(CN(C(=O)N2CC[C@@H](P)C2)c2ccc(C(F)(F)F)cc2)cc1. The molecule has 3 amide bonds. The number of carbonyl (C=O) groups is 2. The summed E-state index contributed by atoms with van der Waals surface area (Å²) in [6.07, 6.45) is -3.62. The van der Waals surface area contributed by atoms with E-state index in [4.69, 9.17) is 5.21 Å². The van der Waals surface area contributed by atoms with E-state index in [1.54, 1.807) is 22.5 Å². The summed E-state index contributed by atoms with van der Waals surface area (Å²) in [6, 6.07) is 10.4. The summed E-state index contributed by atoms with van der Waals surface area (Å²) in [4.78, 5) is 27.7. The zero-order valence-electron chi connectivity index (χ0n) is 15.9. The lowest BCUT2D eigenvalue weighted by molar-refractivity contribution is -0.137. The summed E-state index contributed by atoms with van der Waals surface area (Å²) in [6.45, 7) is 1.24. The van der Waals surface area contributed by atoms with Crippen LogP contribution in [0.25, 0.3) is 0 Å². The molecule has 2 N–H and O–H groups in total. The molecule has 0 aliphatic carbocycles. The molecule has 1 aliphatic rings. The van der Waals surface area contributed by atoms with Crippen LogP contribution in [-0.2, 0) is 12.7 Å². The van der Waals surface area contributed by atoms with Crippen molar-refractivity contribution in [2.45, 2.75) is 24.8 Å². The van der Waals surface area contributed by atoms with Gasteiger partial charge in [-0.3, -0.25) is 14.9 Å². The van der Waals surface area contributed by atoms with Crippen molar-refractivity contribution in [2.24, 2.45) is 0 Å². The van der Waals surface area contributed by atoms with Crippen LogP contribution in [0.1, 0.15) is 27.9 Å². The summed E-state index contributed by atoms with van der Waals surface area (Å²) in [5, 5.41) is 8.71. The van der Waals surface area contributed by atoms with Crippen LogP contribution in [-0.4, -0.2) is 40.8 Å². The second kappa shape index (κ2) is 9.02. The Balaban J connectivity index is 1.87. The number of hydroxylamine groups is 1. The lowest BCUT2D eigenvalue weighted by Gasteiger charge is -2.28. The zero-order valence-corrected chi connectivity index (χ0v) is 17.0. The third kappa shape index (κ3) is 5.09. The van der Waals surface area contributed by atoms with Crippen LogP contribution < -0.4 is 10.4 Å². The van der Waals surface area contributed by atoms with Gasteiger partial charge in [0.15, 0.2) is 0 Å². The number of nitrogens with zero attached hydrogens (tertiary/aromatic N) is 2. The van der Waals surface area contributed by atoms with E-state index in [0.29, 0.717) is 24.3 Å². The number of alkyl halides is 3. The molecule has 6 nitrogen and oxygen atoms in total. The predicted molar refractivity (Wildman–Crippen MR) is 108 cm³/mol. The Bertz CT molecular complexity index is 904. The Morgan fingerprint density at radius 1 is 1.13 bits per heavy atom. The molecule has 2 atom stereocenters. The fourth-order valence-electron chi connectivity index (χ4n) is 3.24. The van der Waals surface area contributed by atoms with Crippen LogP contribution in [0.3, 0.4) is 0 Å². The van der Waals surface area contributed by atoms with Crippen molar-refractivity contribution in [1.82, 2.24) is 10.4 Å². The summed E-state index contributed by atoms with van der Waals surface area (Å²) < 4.78 is 38.7. The number of nitrogens with one attached hydrogen (secondary N) is 1. The fraction of sp³-hybridized carbons (Fsp3) is 0.300. The van der Waals surface area contributed by atoms with Crippen molar-refractivity contribution < 1.29 is 28.0 Å². The fourth-order valence-corrected chi connectivity index (χ4v) is 3.64. The number of likely N-dealkylation sites (tertiary alicyclic amines) is 1. The van der Waals surface area contributed by atoms with Gasteiger partial charge in [0, 0.05) is 24.3 Å². The van der Waals surface area contributed by atoms with Crippen molar-refractivity contribution in [3.63, 3.8) is 0 Å². The molecule has 10 heteroatoms. The number of benzene rings is 2. The molecule has 1 unspecified atom stereocenters. The summed E-state index contributed by atoms with van der Waals surface area (Å²) in [7, 11) is 2.68. The maximum absolute atomic E-state index is 13.1. The van der Waals surface area contributed by atoms with Gasteiger partial charge in [0.25, 0.3) is 5.91 Å². The number of hydrogen-bond acceptors (Lipinski definition) is 3. The average molecular weight is 439 g/mol. The number of carbonyl (C=O) groups excluding carboxylic acids is 2. The lowest BCUT2D eigenvalue weighted by atomic mass is 10.1. The van der Waals surface area contributed by atoms with Crippen LogP contribution in [0.2, 0.25) is 0 Å². The number of halogens is 3. The molecule has 2 aromatic rings. The molecule has 0 aromatic heterocycles. The Morgan fingerprint density at radius 2 is 1.77 bits per heavy atom. The normalized spacial score (nSPS) is 16.4. The average Bonchev–Trinajstić information content (AvgIpc) is 3.17. The van der Waals surface area contributed by atoms with E-state index in [1.165, 1.54) is 29.2 Å². The molecule has 2 aromatic carbocycles. The third-order valence-electron chi connectivity index (χ3n) is 4.89. The maximum atomic E-state index is 13.1. The van der Waals surface area contributed by atoms with Crippen molar-refractivity contribution in [1.29, 1.82) is 0 Å². The minimum Gasteiger partial charge on any atom is -0.324 e. The van der Waals surface area contributed by atoms with Gasteiger partial charge in [-0.15, -0.1) is 9.24 Å². The van der Waals surface area contributed by atoms with Crippen LogP contribution >= 0.6 is 9.24 Å². The minimum absolute atomic E-state index is 0.114. The topological polar surface area (TPSA) is 72.9 Å². The molecule has 3 rings (SSSR count). The number of rotatable bonds is 4. The van der Waals surface area contributed by atoms with E-state index < -0.39 is 17.6 Å². The third-order valence-corrected chi connectivity index (χ3v) is 5.43. The molecular weight excluding hydrogens is 418 g/mol. The van der Waals surface area contributed by atoms with Gasteiger partial charge < -0.3 is 4.90 Å². The van der Waals surface area contributed by atoms with Crippen LogP contribution in [0.15, 0.2) is 48.5 Å². The zero-order chi connectivity index (χ0) is 21.9. The van der Waals surface area contributed by atoms with Gasteiger partial charge in [0.1, 0.15) is 0 Å². The standard InChI is InChI=1S/C20H21F3N3O3P/c21-20(22,23)15-5-7-16(8-6-15)26(19(28)25-10-9-17(30)12-25)11-13-1-3-14(4-2-13)18(27)24-29/h1-8,17,29H,9-12,30H2,(H,24,27)/t17-/m1/s1. The van der Waals surface area contributed by atoms with Gasteiger partial charge in [0.05, 0.1) is 12.1 Å². The molecule has 30 heavy (non-hydrogen) atoms. The first kappa shape index (κ1) is 22.1. The molecule has 1 aliphatic heterocycles. The van der Waals surface area contributed by atoms with Gasteiger partial charge in [-0.2, -0.15) is 13.2 Å². The molecular formula is C20H21F3N3O3P. The highest BCUT2D eigenvalue weighted by atomic mass is 31.0.